The van der Waals surface area contributed by atoms with E-state index < -0.39 is 0 Å². The lowest BCUT2D eigenvalue weighted by molar-refractivity contribution is 0.0949. The summed E-state index contributed by atoms with van der Waals surface area (Å²) in [5.41, 5.74) is 1.16. The molecule has 1 atom stereocenters. The Balaban J connectivity index is 1.85. The third kappa shape index (κ3) is 3.01. The largest absolute Gasteiger partial charge is 0.508 e. The van der Waals surface area contributed by atoms with Crippen LogP contribution in [-0.2, 0) is 4.74 Å². The van der Waals surface area contributed by atoms with Crippen molar-refractivity contribution in [1.82, 2.24) is 5.32 Å². The van der Waals surface area contributed by atoms with Gasteiger partial charge >= 0.3 is 0 Å². The summed E-state index contributed by atoms with van der Waals surface area (Å²) in [4.78, 5) is 11.9. The fraction of sp³-hybridized carbons (Fsp3) is 0.500. The van der Waals surface area contributed by atoms with Crippen LogP contribution in [0.1, 0.15) is 28.8 Å². The minimum absolute atomic E-state index is 0.123. The van der Waals surface area contributed by atoms with Crippen molar-refractivity contribution in [2.24, 2.45) is 5.92 Å². The van der Waals surface area contributed by atoms with Gasteiger partial charge in [0, 0.05) is 30.9 Å². The van der Waals surface area contributed by atoms with Gasteiger partial charge in [0.25, 0.3) is 5.91 Å². The number of carbonyl (C=O) groups is 1. The molecule has 0 radical (unpaired) electrons. The summed E-state index contributed by atoms with van der Waals surface area (Å²) in [6.45, 7) is 4.04. The summed E-state index contributed by atoms with van der Waals surface area (Å²) >= 11 is 0. The zero-order valence-electron chi connectivity index (χ0n) is 10.6. The SMILES string of the molecule is Cc1c(O)cccc1C(=O)NCCC1CCOC1. The number of ether oxygens (including phenoxy) is 1. The fourth-order valence-electron chi connectivity index (χ4n) is 2.17. The summed E-state index contributed by atoms with van der Waals surface area (Å²) in [6.07, 6.45) is 2.03. The molecule has 2 N–H and O–H groups in total. The van der Waals surface area contributed by atoms with Crippen molar-refractivity contribution in [3.8, 4) is 5.75 Å². The van der Waals surface area contributed by atoms with E-state index in [0.29, 0.717) is 23.6 Å². The van der Waals surface area contributed by atoms with Gasteiger partial charge in [-0.1, -0.05) is 6.07 Å². The molecule has 0 aromatic heterocycles. The molecule has 18 heavy (non-hydrogen) atoms. The van der Waals surface area contributed by atoms with Crippen LogP contribution in [0.25, 0.3) is 0 Å². The maximum Gasteiger partial charge on any atom is 0.251 e. The minimum Gasteiger partial charge on any atom is -0.508 e. The molecule has 1 aromatic carbocycles. The first-order chi connectivity index (χ1) is 8.68. The molecule has 0 aliphatic carbocycles. The lowest BCUT2D eigenvalue weighted by atomic mass is 10.0. The predicted molar refractivity (Wildman–Crippen MR) is 68.7 cm³/mol. The molecular weight excluding hydrogens is 230 g/mol. The smallest absolute Gasteiger partial charge is 0.251 e. The average molecular weight is 249 g/mol. The minimum atomic E-state index is -0.123. The summed E-state index contributed by atoms with van der Waals surface area (Å²) in [6, 6.07) is 4.99. The zero-order chi connectivity index (χ0) is 13.0. The molecule has 1 aliphatic rings. The lowest BCUT2D eigenvalue weighted by Crippen LogP contribution is -2.26. The Hall–Kier alpha value is -1.55. The molecule has 1 saturated heterocycles. The van der Waals surface area contributed by atoms with Crippen LogP contribution in [0.4, 0.5) is 0 Å². The number of aromatic hydroxyl groups is 1. The van der Waals surface area contributed by atoms with Crippen molar-refractivity contribution in [3.63, 3.8) is 0 Å². The fourth-order valence-corrected chi connectivity index (χ4v) is 2.17. The van der Waals surface area contributed by atoms with Crippen molar-refractivity contribution in [2.75, 3.05) is 19.8 Å². The number of benzene rings is 1. The van der Waals surface area contributed by atoms with Crippen LogP contribution in [0, 0.1) is 12.8 Å². The molecule has 0 spiro atoms. The number of phenols is 1. The highest BCUT2D eigenvalue weighted by molar-refractivity contribution is 5.96. The molecule has 0 bridgehead atoms. The first kappa shape index (κ1) is 12.9. The van der Waals surface area contributed by atoms with Crippen molar-refractivity contribution in [1.29, 1.82) is 0 Å². The maximum absolute atomic E-state index is 11.9. The Bertz CT molecular complexity index is 425. The van der Waals surface area contributed by atoms with E-state index in [2.05, 4.69) is 5.32 Å². The molecule has 0 saturated carbocycles. The first-order valence-corrected chi connectivity index (χ1v) is 6.33. The van der Waals surface area contributed by atoms with E-state index in [1.807, 2.05) is 0 Å². The molecule has 1 heterocycles. The van der Waals surface area contributed by atoms with Gasteiger partial charge in [0.15, 0.2) is 0 Å². The van der Waals surface area contributed by atoms with Crippen LogP contribution in [0.3, 0.4) is 0 Å². The molecule has 1 aliphatic heterocycles. The quantitative estimate of drug-likeness (QED) is 0.856. The predicted octanol–water partition coefficient (Wildman–Crippen LogP) is 1.86. The molecule has 1 aromatic rings. The van der Waals surface area contributed by atoms with Crippen molar-refractivity contribution in [2.45, 2.75) is 19.8 Å². The highest BCUT2D eigenvalue weighted by Crippen LogP contribution is 2.19. The third-order valence-corrected chi connectivity index (χ3v) is 3.41. The van der Waals surface area contributed by atoms with Gasteiger partial charge < -0.3 is 15.2 Å². The molecule has 1 fully saturated rings. The van der Waals surface area contributed by atoms with E-state index in [-0.39, 0.29) is 11.7 Å². The highest BCUT2D eigenvalue weighted by Gasteiger charge is 2.16. The Kier molecular flexibility index (Phi) is 4.20. The van der Waals surface area contributed by atoms with Gasteiger partial charge in [0.05, 0.1) is 0 Å². The standard InChI is InChI=1S/C14H19NO3/c1-10-12(3-2-4-13(10)16)14(17)15-7-5-11-6-8-18-9-11/h2-4,11,16H,5-9H2,1H3,(H,15,17). The second kappa shape index (κ2) is 5.87. The number of hydrogen-bond acceptors (Lipinski definition) is 3. The number of hydrogen-bond donors (Lipinski definition) is 2. The number of amides is 1. The molecular formula is C14H19NO3. The monoisotopic (exact) mass is 249 g/mol. The van der Waals surface area contributed by atoms with Gasteiger partial charge in [0.1, 0.15) is 5.75 Å². The molecule has 1 unspecified atom stereocenters. The third-order valence-electron chi connectivity index (χ3n) is 3.41. The van der Waals surface area contributed by atoms with Gasteiger partial charge in [-0.3, -0.25) is 4.79 Å². The molecule has 2 rings (SSSR count). The second-order valence-corrected chi connectivity index (χ2v) is 4.72. The van der Waals surface area contributed by atoms with E-state index in [1.54, 1.807) is 25.1 Å². The Morgan fingerprint density at radius 1 is 1.56 bits per heavy atom. The summed E-state index contributed by atoms with van der Waals surface area (Å²) in [5.74, 6) is 0.602. The van der Waals surface area contributed by atoms with Gasteiger partial charge in [-0.2, -0.15) is 0 Å². The van der Waals surface area contributed by atoms with Crippen molar-refractivity contribution in [3.05, 3.63) is 29.3 Å². The molecule has 4 nitrogen and oxygen atoms in total. The van der Waals surface area contributed by atoms with Crippen LogP contribution >= 0.6 is 0 Å². The lowest BCUT2D eigenvalue weighted by Gasteiger charge is -2.10. The molecule has 1 amide bonds. The summed E-state index contributed by atoms with van der Waals surface area (Å²) in [7, 11) is 0. The number of nitrogens with one attached hydrogen (secondary N) is 1. The van der Waals surface area contributed by atoms with Crippen LogP contribution in [-0.4, -0.2) is 30.8 Å². The van der Waals surface area contributed by atoms with Gasteiger partial charge in [0.2, 0.25) is 0 Å². The second-order valence-electron chi connectivity index (χ2n) is 4.72. The highest BCUT2D eigenvalue weighted by atomic mass is 16.5. The van der Waals surface area contributed by atoms with Crippen LogP contribution in [0.2, 0.25) is 0 Å². The molecule has 4 heteroatoms. The topological polar surface area (TPSA) is 58.6 Å². The number of phenolic OH excluding ortho intramolecular Hbond substituents is 1. The average Bonchev–Trinajstić information content (AvgIpc) is 2.85. The van der Waals surface area contributed by atoms with E-state index in [9.17, 15) is 9.90 Å². The van der Waals surface area contributed by atoms with Crippen LogP contribution in [0.15, 0.2) is 18.2 Å². The van der Waals surface area contributed by atoms with Crippen molar-refractivity contribution < 1.29 is 14.6 Å². The molecule has 98 valence electrons. The summed E-state index contributed by atoms with van der Waals surface area (Å²) < 4.78 is 5.29. The Morgan fingerprint density at radius 3 is 3.11 bits per heavy atom. The van der Waals surface area contributed by atoms with Crippen LogP contribution < -0.4 is 5.32 Å². The van der Waals surface area contributed by atoms with E-state index >= 15 is 0 Å². The maximum atomic E-state index is 11.9. The van der Waals surface area contributed by atoms with E-state index in [0.717, 1.165) is 26.1 Å². The normalized spacial score (nSPS) is 18.8. The van der Waals surface area contributed by atoms with Gasteiger partial charge in [-0.25, -0.2) is 0 Å². The Morgan fingerprint density at radius 2 is 2.39 bits per heavy atom. The number of carbonyl (C=O) groups excluding carboxylic acids is 1. The summed E-state index contributed by atoms with van der Waals surface area (Å²) in [5, 5.41) is 12.4. The van der Waals surface area contributed by atoms with Crippen LogP contribution in [0.5, 0.6) is 5.75 Å². The zero-order valence-corrected chi connectivity index (χ0v) is 10.6. The number of rotatable bonds is 4. The van der Waals surface area contributed by atoms with Gasteiger partial charge in [-0.15, -0.1) is 0 Å². The van der Waals surface area contributed by atoms with Crippen molar-refractivity contribution >= 4 is 5.91 Å². The van der Waals surface area contributed by atoms with E-state index in [4.69, 9.17) is 4.74 Å². The van der Waals surface area contributed by atoms with Gasteiger partial charge in [-0.05, 0) is 37.8 Å². The Labute approximate surface area is 107 Å². The first-order valence-electron chi connectivity index (χ1n) is 6.33. The van der Waals surface area contributed by atoms with E-state index in [1.165, 1.54) is 0 Å².